The van der Waals surface area contributed by atoms with Gasteiger partial charge in [0.2, 0.25) is 5.91 Å². The number of esters is 2. The van der Waals surface area contributed by atoms with E-state index in [9.17, 15) is 24.5 Å². The predicted molar refractivity (Wildman–Crippen MR) is 138 cm³/mol. The molecule has 1 aliphatic rings. The molecule has 0 saturated carbocycles. The summed E-state index contributed by atoms with van der Waals surface area (Å²) in [5, 5.41) is 16.3. The second-order valence-electron chi connectivity index (χ2n) is 8.47. The molecule has 0 saturated heterocycles. The molecular weight excluding hydrogens is 498 g/mol. The number of amides is 1. The van der Waals surface area contributed by atoms with Gasteiger partial charge >= 0.3 is 11.9 Å². The van der Waals surface area contributed by atoms with Gasteiger partial charge in [-0.15, -0.1) is 11.3 Å². The fourth-order valence-corrected chi connectivity index (χ4v) is 5.31. The molecule has 0 spiro atoms. The molecule has 1 amide bonds. The second kappa shape index (κ2) is 12.4. The van der Waals surface area contributed by atoms with Crippen molar-refractivity contribution in [3.05, 3.63) is 73.6 Å². The van der Waals surface area contributed by atoms with E-state index in [1.807, 2.05) is 17.5 Å². The van der Waals surface area contributed by atoms with Gasteiger partial charge in [-0.05, 0) is 43.7 Å². The maximum atomic E-state index is 13.3. The predicted octanol–water partition coefficient (Wildman–Crippen LogP) is 4.48. The molecule has 0 radical (unpaired) electrons. The van der Waals surface area contributed by atoms with Crippen molar-refractivity contribution in [2.45, 2.75) is 45.6 Å². The minimum absolute atomic E-state index is 0.0899. The van der Waals surface area contributed by atoms with E-state index in [4.69, 9.17) is 9.47 Å². The Balaban J connectivity index is 2.14. The number of thiophene rings is 1. The number of allylic oxidation sites excluding steroid dienone is 1. The average Bonchev–Trinajstić information content (AvgIpc) is 3.40. The van der Waals surface area contributed by atoms with Gasteiger partial charge in [0, 0.05) is 35.6 Å². The standard InChI is InChI=1S/C26H29N3O7S/c1-5-36-26(32)24-20(12-11-19(28-16(3)30)21-10-7-13-37-21)27-15(2)22(25(31)35-4)23(24)17-8-6-9-18(14-17)29(33)34/h6-10,13-14,19,22-23H,5,11-12H2,1-4H3,(H,28,30). The number of carbonyl (C=O) groups is 3. The van der Waals surface area contributed by atoms with Crippen molar-refractivity contribution in [2.75, 3.05) is 13.7 Å². The lowest BCUT2D eigenvalue weighted by Gasteiger charge is -2.32. The number of hydrogen-bond acceptors (Lipinski definition) is 9. The number of nitrogens with zero attached hydrogens (tertiary/aromatic N) is 2. The Hall–Kier alpha value is -3.86. The Morgan fingerprint density at radius 2 is 2.00 bits per heavy atom. The van der Waals surface area contributed by atoms with Crippen LogP contribution in [-0.2, 0) is 23.9 Å². The number of ether oxygens (including phenoxy) is 2. The third-order valence-electron chi connectivity index (χ3n) is 6.04. The lowest BCUT2D eigenvalue weighted by Crippen LogP contribution is -2.36. The number of nitro groups is 1. The maximum Gasteiger partial charge on any atom is 0.336 e. The number of benzene rings is 1. The van der Waals surface area contributed by atoms with Crippen LogP contribution in [0.2, 0.25) is 0 Å². The van der Waals surface area contributed by atoms with E-state index < -0.39 is 28.7 Å². The molecule has 1 aromatic heterocycles. The van der Waals surface area contributed by atoms with Crippen LogP contribution in [0.4, 0.5) is 5.69 Å². The van der Waals surface area contributed by atoms with Crippen molar-refractivity contribution in [3.8, 4) is 0 Å². The van der Waals surface area contributed by atoms with E-state index in [1.54, 1.807) is 19.9 Å². The molecule has 1 aromatic carbocycles. The first kappa shape index (κ1) is 27.7. The minimum atomic E-state index is -0.974. The highest BCUT2D eigenvalue weighted by molar-refractivity contribution is 7.10. The van der Waals surface area contributed by atoms with E-state index in [-0.39, 0.29) is 36.2 Å². The number of nitrogens with one attached hydrogen (secondary N) is 1. The molecule has 0 fully saturated rings. The molecule has 1 aliphatic heterocycles. The van der Waals surface area contributed by atoms with Crippen LogP contribution in [-0.4, -0.2) is 42.2 Å². The zero-order valence-electron chi connectivity index (χ0n) is 21.1. The van der Waals surface area contributed by atoms with Gasteiger partial charge < -0.3 is 14.8 Å². The SMILES string of the molecule is CCOC(=O)C1=C(CCC(NC(C)=O)c2cccs2)N=C(C)C(C(=O)OC)C1c1cccc([N+](=O)[O-])c1. The monoisotopic (exact) mass is 527 g/mol. The largest absolute Gasteiger partial charge is 0.468 e. The third-order valence-corrected chi connectivity index (χ3v) is 7.03. The minimum Gasteiger partial charge on any atom is -0.468 e. The molecule has 2 heterocycles. The van der Waals surface area contributed by atoms with E-state index in [0.717, 1.165) is 4.88 Å². The van der Waals surface area contributed by atoms with Gasteiger partial charge in [0.25, 0.3) is 5.69 Å². The highest BCUT2D eigenvalue weighted by atomic mass is 32.1. The molecule has 0 bridgehead atoms. The fourth-order valence-electron chi connectivity index (χ4n) is 4.50. The first-order chi connectivity index (χ1) is 17.7. The van der Waals surface area contributed by atoms with Crippen LogP contribution in [0, 0.1) is 16.0 Å². The van der Waals surface area contributed by atoms with Gasteiger partial charge in [-0.2, -0.15) is 0 Å². The zero-order valence-corrected chi connectivity index (χ0v) is 21.9. The first-order valence-corrected chi connectivity index (χ1v) is 12.6. The van der Waals surface area contributed by atoms with Crippen molar-refractivity contribution in [3.63, 3.8) is 0 Å². The van der Waals surface area contributed by atoms with Crippen LogP contribution in [0.1, 0.15) is 56.0 Å². The van der Waals surface area contributed by atoms with Crippen molar-refractivity contribution >= 4 is 40.6 Å². The maximum absolute atomic E-state index is 13.3. The van der Waals surface area contributed by atoms with E-state index >= 15 is 0 Å². The molecule has 0 aliphatic carbocycles. The highest BCUT2D eigenvalue weighted by Gasteiger charge is 2.43. The normalized spacial score (nSPS) is 18.0. The Morgan fingerprint density at radius 1 is 1.24 bits per heavy atom. The number of carbonyl (C=O) groups excluding carboxylic acids is 3. The van der Waals surface area contributed by atoms with Gasteiger partial charge in [0.15, 0.2) is 0 Å². The Kier molecular flexibility index (Phi) is 9.29. The summed E-state index contributed by atoms with van der Waals surface area (Å²) in [6, 6.07) is 9.33. The summed E-state index contributed by atoms with van der Waals surface area (Å²) in [5.41, 5.74) is 1.19. The topological polar surface area (TPSA) is 137 Å². The molecular formula is C26H29N3O7S. The summed E-state index contributed by atoms with van der Waals surface area (Å²) in [6.07, 6.45) is 0.716. The number of aliphatic imine (C=N–C) groups is 1. The van der Waals surface area contributed by atoms with Crippen LogP contribution < -0.4 is 5.32 Å². The quantitative estimate of drug-likeness (QED) is 0.273. The van der Waals surface area contributed by atoms with Crippen LogP contribution in [0.25, 0.3) is 0 Å². The van der Waals surface area contributed by atoms with Gasteiger partial charge in [0.1, 0.15) is 5.92 Å². The van der Waals surface area contributed by atoms with Gasteiger partial charge in [-0.3, -0.25) is 24.7 Å². The van der Waals surface area contributed by atoms with Crippen LogP contribution >= 0.6 is 11.3 Å². The lowest BCUT2D eigenvalue weighted by molar-refractivity contribution is -0.384. The molecule has 10 nitrogen and oxygen atoms in total. The second-order valence-corrected chi connectivity index (χ2v) is 9.45. The fraction of sp³-hybridized carbons (Fsp3) is 0.385. The molecule has 11 heteroatoms. The summed E-state index contributed by atoms with van der Waals surface area (Å²) >= 11 is 1.50. The van der Waals surface area contributed by atoms with Gasteiger partial charge in [-0.25, -0.2) is 4.79 Å². The first-order valence-electron chi connectivity index (χ1n) is 11.8. The molecule has 3 unspecified atom stereocenters. The highest BCUT2D eigenvalue weighted by Crippen LogP contribution is 2.42. The van der Waals surface area contributed by atoms with Gasteiger partial charge in [0.05, 0.1) is 36.0 Å². The Labute approximate surface area is 218 Å². The number of nitro benzene ring substituents is 1. The smallest absolute Gasteiger partial charge is 0.336 e. The zero-order chi connectivity index (χ0) is 27.1. The van der Waals surface area contributed by atoms with Crippen LogP contribution in [0.3, 0.4) is 0 Å². The van der Waals surface area contributed by atoms with Crippen molar-refractivity contribution in [1.29, 1.82) is 0 Å². The summed E-state index contributed by atoms with van der Waals surface area (Å²) in [5.74, 6) is -3.35. The third kappa shape index (κ3) is 6.48. The summed E-state index contributed by atoms with van der Waals surface area (Å²) in [7, 11) is 1.24. The molecule has 196 valence electrons. The summed E-state index contributed by atoms with van der Waals surface area (Å²) < 4.78 is 10.4. The van der Waals surface area contributed by atoms with E-state index in [2.05, 4.69) is 10.3 Å². The Morgan fingerprint density at radius 3 is 2.59 bits per heavy atom. The van der Waals surface area contributed by atoms with Crippen molar-refractivity contribution < 1.29 is 28.8 Å². The summed E-state index contributed by atoms with van der Waals surface area (Å²) in [4.78, 5) is 54.6. The van der Waals surface area contributed by atoms with Crippen molar-refractivity contribution in [2.24, 2.45) is 10.9 Å². The summed E-state index contributed by atoms with van der Waals surface area (Å²) in [6.45, 7) is 4.86. The van der Waals surface area contributed by atoms with Crippen LogP contribution in [0.5, 0.6) is 0 Å². The average molecular weight is 528 g/mol. The van der Waals surface area contributed by atoms with Crippen LogP contribution in [0.15, 0.2) is 58.0 Å². The molecule has 1 N–H and O–H groups in total. The molecule has 2 aromatic rings. The molecule has 3 rings (SSSR count). The van der Waals surface area contributed by atoms with E-state index in [0.29, 0.717) is 23.4 Å². The number of rotatable bonds is 10. The molecule has 37 heavy (non-hydrogen) atoms. The number of hydrogen-bond donors (Lipinski definition) is 1. The van der Waals surface area contributed by atoms with Gasteiger partial charge in [-0.1, -0.05) is 18.2 Å². The van der Waals surface area contributed by atoms with E-state index in [1.165, 1.54) is 43.6 Å². The molecule has 3 atom stereocenters. The number of methoxy groups -OCH3 is 1. The number of non-ortho nitro benzene ring substituents is 1. The lowest BCUT2D eigenvalue weighted by atomic mass is 9.75. The Bertz CT molecular complexity index is 1240. The van der Waals surface area contributed by atoms with Crippen molar-refractivity contribution in [1.82, 2.24) is 5.32 Å².